The number of fused-ring (bicyclic) bond motifs is 1. The van der Waals surface area contributed by atoms with E-state index in [1.54, 1.807) is 12.1 Å². The van der Waals surface area contributed by atoms with Gasteiger partial charge in [-0.15, -0.1) is 0 Å². The Kier molecular flexibility index (Phi) is 7.06. The van der Waals surface area contributed by atoms with Crippen LogP contribution in [-0.4, -0.2) is 60.3 Å². The molecule has 2 aliphatic rings. The summed E-state index contributed by atoms with van der Waals surface area (Å²) in [5.74, 6) is -0.470. The molecule has 1 unspecified atom stereocenters. The Balaban J connectivity index is 1.19. The minimum atomic E-state index is -0.359. The molecule has 1 fully saturated rings. The van der Waals surface area contributed by atoms with Gasteiger partial charge in [-0.3, -0.25) is 14.5 Å². The Bertz CT molecular complexity index is 1330. The number of rotatable bonds is 5. The molecule has 0 aliphatic carbocycles. The van der Waals surface area contributed by atoms with E-state index in [1.807, 2.05) is 73.3 Å². The SMILES string of the molecule is Cc1cccc(NC(=O)CN2CCN(C(=O)c3ccc4c(c3)CC(c3ccccc3)OC4=O)CC2)c1C. The summed E-state index contributed by atoms with van der Waals surface area (Å²) in [6.07, 6.45) is 0.181. The number of piperazine rings is 1. The lowest BCUT2D eigenvalue weighted by Crippen LogP contribution is -2.50. The molecule has 7 heteroatoms. The van der Waals surface area contributed by atoms with E-state index in [4.69, 9.17) is 4.74 Å². The molecule has 2 amide bonds. The van der Waals surface area contributed by atoms with Crippen LogP contribution in [0.4, 0.5) is 5.69 Å². The number of esters is 1. The highest BCUT2D eigenvalue weighted by Gasteiger charge is 2.29. The molecule has 3 aromatic carbocycles. The highest BCUT2D eigenvalue weighted by Crippen LogP contribution is 2.31. The van der Waals surface area contributed by atoms with Crippen molar-refractivity contribution in [3.63, 3.8) is 0 Å². The van der Waals surface area contributed by atoms with E-state index in [0.29, 0.717) is 43.7 Å². The van der Waals surface area contributed by atoms with Crippen LogP contribution in [-0.2, 0) is 16.0 Å². The summed E-state index contributed by atoms with van der Waals surface area (Å²) < 4.78 is 5.64. The summed E-state index contributed by atoms with van der Waals surface area (Å²) in [6, 6.07) is 20.8. The van der Waals surface area contributed by atoms with Gasteiger partial charge in [-0.25, -0.2) is 4.79 Å². The van der Waals surface area contributed by atoms with E-state index >= 15 is 0 Å². The van der Waals surface area contributed by atoms with E-state index in [9.17, 15) is 14.4 Å². The fourth-order valence-corrected chi connectivity index (χ4v) is 4.95. The van der Waals surface area contributed by atoms with Crippen LogP contribution in [0.3, 0.4) is 0 Å². The van der Waals surface area contributed by atoms with Gasteiger partial charge in [0.25, 0.3) is 5.91 Å². The predicted molar refractivity (Wildman–Crippen MR) is 142 cm³/mol. The molecule has 2 aliphatic heterocycles. The zero-order valence-corrected chi connectivity index (χ0v) is 21.2. The molecule has 0 radical (unpaired) electrons. The minimum Gasteiger partial charge on any atom is -0.454 e. The van der Waals surface area contributed by atoms with Gasteiger partial charge in [0, 0.05) is 43.9 Å². The van der Waals surface area contributed by atoms with Gasteiger partial charge in [-0.1, -0.05) is 42.5 Å². The first-order valence-corrected chi connectivity index (χ1v) is 12.7. The third kappa shape index (κ3) is 5.42. The molecule has 37 heavy (non-hydrogen) atoms. The van der Waals surface area contributed by atoms with E-state index in [-0.39, 0.29) is 30.4 Å². The second-order valence-electron chi connectivity index (χ2n) is 9.74. The Morgan fingerprint density at radius 1 is 0.946 bits per heavy atom. The van der Waals surface area contributed by atoms with Crippen molar-refractivity contribution < 1.29 is 19.1 Å². The molecule has 1 N–H and O–H groups in total. The maximum absolute atomic E-state index is 13.3. The lowest BCUT2D eigenvalue weighted by atomic mass is 9.93. The average Bonchev–Trinajstić information content (AvgIpc) is 2.91. The summed E-state index contributed by atoms with van der Waals surface area (Å²) in [7, 11) is 0. The molecule has 0 bridgehead atoms. The number of benzene rings is 3. The molecular weight excluding hydrogens is 466 g/mol. The fourth-order valence-electron chi connectivity index (χ4n) is 4.95. The minimum absolute atomic E-state index is 0.0528. The van der Waals surface area contributed by atoms with Crippen molar-refractivity contribution in [1.82, 2.24) is 9.80 Å². The summed E-state index contributed by atoms with van der Waals surface area (Å²) in [5, 5.41) is 3.01. The van der Waals surface area contributed by atoms with E-state index in [1.165, 1.54) is 0 Å². The number of aryl methyl sites for hydroxylation is 1. The van der Waals surface area contributed by atoms with Gasteiger partial charge >= 0.3 is 5.97 Å². The second-order valence-corrected chi connectivity index (χ2v) is 9.74. The molecule has 7 nitrogen and oxygen atoms in total. The molecule has 190 valence electrons. The monoisotopic (exact) mass is 497 g/mol. The fraction of sp³-hybridized carbons (Fsp3) is 0.300. The Morgan fingerprint density at radius 3 is 2.46 bits per heavy atom. The van der Waals surface area contributed by atoms with Crippen LogP contribution in [0.1, 0.15) is 49.1 Å². The molecule has 1 atom stereocenters. The number of cyclic esters (lactones) is 1. The van der Waals surface area contributed by atoms with Crippen LogP contribution in [0.2, 0.25) is 0 Å². The Labute approximate surface area is 217 Å². The summed E-state index contributed by atoms with van der Waals surface area (Å²) in [4.78, 5) is 42.3. The van der Waals surface area contributed by atoms with Crippen molar-refractivity contribution in [2.75, 3.05) is 38.0 Å². The quantitative estimate of drug-likeness (QED) is 0.536. The van der Waals surface area contributed by atoms with Gasteiger partial charge in [0.1, 0.15) is 6.10 Å². The number of hydrogen-bond acceptors (Lipinski definition) is 5. The van der Waals surface area contributed by atoms with Crippen molar-refractivity contribution in [3.8, 4) is 0 Å². The summed E-state index contributed by atoms with van der Waals surface area (Å²) >= 11 is 0. The first kappa shape index (κ1) is 24.7. The molecule has 0 saturated carbocycles. The smallest absolute Gasteiger partial charge is 0.339 e. The van der Waals surface area contributed by atoms with Gasteiger partial charge in [-0.05, 0) is 60.4 Å². The van der Waals surface area contributed by atoms with Crippen LogP contribution >= 0.6 is 0 Å². The van der Waals surface area contributed by atoms with Crippen molar-refractivity contribution in [3.05, 3.63) is 100 Å². The van der Waals surface area contributed by atoms with Crippen molar-refractivity contribution in [2.45, 2.75) is 26.4 Å². The molecular formula is C30H31N3O4. The number of anilines is 1. The normalized spacial score (nSPS) is 17.6. The standard InChI is InChI=1S/C30H31N3O4/c1-20-7-6-10-26(21(20)2)31-28(34)19-32-13-15-33(16-14-32)29(35)23-11-12-25-24(17-23)18-27(37-30(25)36)22-8-4-3-5-9-22/h3-12,17,27H,13-16,18-19H2,1-2H3,(H,31,34). The molecule has 3 aromatic rings. The molecule has 1 saturated heterocycles. The van der Waals surface area contributed by atoms with Crippen molar-refractivity contribution in [2.24, 2.45) is 0 Å². The van der Waals surface area contributed by atoms with Crippen LogP contribution < -0.4 is 5.32 Å². The topological polar surface area (TPSA) is 79.0 Å². The third-order valence-electron chi connectivity index (χ3n) is 7.30. The number of carbonyl (C=O) groups excluding carboxylic acids is 3. The molecule has 5 rings (SSSR count). The lowest BCUT2D eigenvalue weighted by Gasteiger charge is -2.34. The van der Waals surface area contributed by atoms with E-state index in [0.717, 1.165) is 27.9 Å². The lowest BCUT2D eigenvalue weighted by molar-refractivity contribution is -0.117. The first-order valence-electron chi connectivity index (χ1n) is 12.7. The van der Waals surface area contributed by atoms with Gasteiger partial charge < -0.3 is 15.0 Å². The number of amides is 2. The second kappa shape index (κ2) is 10.6. The number of ether oxygens (including phenoxy) is 1. The summed E-state index contributed by atoms with van der Waals surface area (Å²) in [6.45, 7) is 6.65. The largest absolute Gasteiger partial charge is 0.454 e. The number of nitrogens with zero attached hydrogens (tertiary/aromatic N) is 2. The van der Waals surface area contributed by atoms with E-state index in [2.05, 4.69) is 10.2 Å². The number of nitrogens with one attached hydrogen (secondary N) is 1. The van der Waals surface area contributed by atoms with Crippen LogP contribution in [0.15, 0.2) is 66.7 Å². The van der Waals surface area contributed by atoms with E-state index < -0.39 is 0 Å². The highest BCUT2D eigenvalue weighted by atomic mass is 16.5. The number of hydrogen-bond donors (Lipinski definition) is 1. The van der Waals surface area contributed by atoms with Crippen molar-refractivity contribution in [1.29, 1.82) is 0 Å². The maximum Gasteiger partial charge on any atom is 0.339 e. The first-order chi connectivity index (χ1) is 17.9. The molecule has 2 heterocycles. The molecule has 0 aromatic heterocycles. The van der Waals surface area contributed by atoms with Gasteiger partial charge in [-0.2, -0.15) is 0 Å². The summed E-state index contributed by atoms with van der Waals surface area (Å²) in [5.41, 5.74) is 5.90. The van der Waals surface area contributed by atoms with Crippen LogP contribution in [0, 0.1) is 13.8 Å². The molecule has 0 spiro atoms. The maximum atomic E-state index is 13.3. The van der Waals surface area contributed by atoms with Gasteiger partial charge in [0.15, 0.2) is 0 Å². The predicted octanol–water partition coefficient (Wildman–Crippen LogP) is 4.15. The third-order valence-corrected chi connectivity index (χ3v) is 7.30. The Morgan fingerprint density at radius 2 is 1.70 bits per heavy atom. The zero-order valence-electron chi connectivity index (χ0n) is 21.2. The highest BCUT2D eigenvalue weighted by molar-refractivity contribution is 5.98. The average molecular weight is 498 g/mol. The zero-order chi connectivity index (χ0) is 25.9. The van der Waals surface area contributed by atoms with Gasteiger partial charge in [0.2, 0.25) is 5.91 Å². The Hall–Kier alpha value is -3.97. The van der Waals surface area contributed by atoms with Gasteiger partial charge in [0.05, 0.1) is 12.1 Å². The van der Waals surface area contributed by atoms with Crippen LogP contribution in [0.5, 0.6) is 0 Å². The van der Waals surface area contributed by atoms with Crippen molar-refractivity contribution >= 4 is 23.5 Å². The van der Waals surface area contributed by atoms with Crippen LogP contribution in [0.25, 0.3) is 0 Å². The number of carbonyl (C=O) groups is 3.